The third-order valence-corrected chi connectivity index (χ3v) is 4.25. The molecule has 0 saturated heterocycles. The average Bonchev–Trinajstić information content (AvgIpc) is 2.72. The summed E-state index contributed by atoms with van der Waals surface area (Å²) in [7, 11) is 0. The van der Waals surface area contributed by atoms with Crippen LogP contribution >= 0.6 is 0 Å². The van der Waals surface area contributed by atoms with Gasteiger partial charge in [0.1, 0.15) is 29.2 Å². The van der Waals surface area contributed by atoms with Crippen LogP contribution in [-0.4, -0.2) is 5.97 Å². The summed E-state index contributed by atoms with van der Waals surface area (Å²) < 4.78 is 29.3. The van der Waals surface area contributed by atoms with Gasteiger partial charge in [0.05, 0.1) is 10.9 Å². The second-order valence-corrected chi connectivity index (χ2v) is 6.40. The monoisotopic (exact) mass is 390 g/mol. The number of hydrogen-bond acceptors (Lipinski definition) is 5. The van der Waals surface area contributed by atoms with Crippen molar-refractivity contribution in [1.82, 2.24) is 0 Å². The first kappa shape index (κ1) is 18.4. The minimum atomic E-state index is -0.511. The van der Waals surface area contributed by atoms with Gasteiger partial charge in [0.2, 0.25) is 11.2 Å². The molecule has 0 unspecified atom stereocenters. The maximum absolute atomic E-state index is 13.0. The van der Waals surface area contributed by atoms with Crippen LogP contribution in [0.3, 0.4) is 0 Å². The highest BCUT2D eigenvalue weighted by Gasteiger charge is 2.13. The van der Waals surface area contributed by atoms with Crippen molar-refractivity contribution in [1.29, 1.82) is 0 Å². The third kappa shape index (κ3) is 4.01. The van der Waals surface area contributed by atoms with Gasteiger partial charge in [-0.25, -0.2) is 9.18 Å². The molecule has 0 aliphatic heterocycles. The third-order valence-electron chi connectivity index (χ3n) is 4.25. The van der Waals surface area contributed by atoms with E-state index >= 15 is 0 Å². The SMILES string of the molecule is Cc1ccc(C(=O)Oc2ccc3c(=O)c(Oc4ccc(F)cc4)coc3c2)cc1. The van der Waals surface area contributed by atoms with E-state index in [9.17, 15) is 14.0 Å². The minimum absolute atomic E-state index is 0.0338. The summed E-state index contributed by atoms with van der Waals surface area (Å²) in [6.07, 6.45) is 1.17. The lowest BCUT2D eigenvalue weighted by molar-refractivity contribution is 0.0735. The molecule has 4 aromatic rings. The predicted molar refractivity (Wildman–Crippen MR) is 105 cm³/mol. The van der Waals surface area contributed by atoms with E-state index in [1.807, 2.05) is 19.1 Å². The molecule has 0 radical (unpaired) electrons. The van der Waals surface area contributed by atoms with Crippen LogP contribution in [0.2, 0.25) is 0 Å². The quantitative estimate of drug-likeness (QED) is 0.352. The molecule has 3 aromatic carbocycles. The molecule has 1 aromatic heterocycles. The Morgan fingerprint density at radius 2 is 1.62 bits per heavy atom. The topological polar surface area (TPSA) is 65.7 Å². The van der Waals surface area contributed by atoms with E-state index in [0.717, 1.165) is 5.56 Å². The number of halogens is 1. The van der Waals surface area contributed by atoms with E-state index in [2.05, 4.69) is 0 Å². The van der Waals surface area contributed by atoms with Gasteiger partial charge >= 0.3 is 5.97 Å². The lowest BCUT2D eigenvalue weighted by Gasteiger charge is -2.07. The van der Waals surface area contributed by atoms with Gasteiger partial charge in [-0.2, -0.15) is 0 Å². The van der Waals surface area contributed by atoms with E-state index in [1.165, 1.54) is 48.7 Å². The Bertz CT molecular complexity index is 1240. The first-order valence-corrected chi connectivity index (χ1v) is 8.77. The smallest absolute Gasteiger partial charge is 0.343 e. The number of ether oxygens (including phenoxy) is 2. The first-order chi connectivity index (χ1) is 14.0. The van der Waals surface area contributed by atoms with Gasteiger partial charge in [0.25, 0.3) is 0 Å². The number of carbonyl (C=O) groups is 1. The van der Waals surface area contributed by atoms with E-state index in [0.29, 0.717) is 11.3 Å². The van der Waals surface area contributed by atoms with Gasteiger partial charge in [-0.05, 0) is 55.5 Å². The van der Waals surface area contributed by atoms with Crippen molar-refractivity contribution in [2.75, 3.05) is 0 Å². The van der Waals surface area contributed by atoms with Crippen molar-refractivity contribution in [3.05, 3.63) is 100 Å². The first-order valence-electron chi connectivity index (χ1n) is 8.77. The van der Waals surface area contributed by atoms with Crippen LogP contribution < -0.4 is 14.9 Å². The van der Waals surface area contributed by atoms with Crippen molar-refractivity contribution in [3.8, 4) is 17.2 Å². The maximum atomic E-state index is 13.0. The van der Waals surface area contributed by atoms with Crippen LogP contribution in [0.1, 0.15) is 15.9 Å². The standard InChI is InChI=1S/C23H15FO5/c1-14-2-4-15(5-3-14)23(26)29-18-10-11-19-20(12-18)27-13-21(22(19)25)28-17-8-6-16(24)7-9-17/h2-13H,1H3. The molecule has 6 heteroatoms. The number of carbonyl (C=O) groups excluding carboxylic acids is 1. The highest BCUT2D eigenvalue weighted by molar-refractivity contribution is 5.91. The Morgan fingerprint density at radius 3 is 2.34 bits per heavy atom. The lowest BCUT2D eigenvalue weighted by atomic mass is 10.1. The Hall–Kier alpha value is -3.93. The second kappa shape index (κ2) is 7.59. The Labute approximate surface area is 164 Å². The maximum Gasteiger partial charge on any atom is 0.343 e. The van der Waals surface area contributed by atoms with Crippen molar-refractivity contribution in [2.45, 2.75) is 6.92 Å². The Balaban J connectivity index is 1.58. The fraction of sp³-hybridized carbons (Fsp3) is 0.0435. The van der Waals surface area contributed by atoms with Crippen molar-refractivity contribution in [2.24, 2.45) is 0 Å². The van der Waals surface area contributed by atoms with Gasteiger partial charge < -0.3 is 13.9 Å². The molecule has 0 amide bonds. The summed E-state index contributed by atoms with van der Waals surface area (Å²) in [6.45, 7) is 1.93. The number of fused-ring (bicyclic) bond motifs is 1. The highest BCUT2D eigenvalue weighted by Crippen LogP contribution is 2.24. The van der Waals surface area contributed by atoms with Gasteiger partial charge in [-0.15, -0.1) is 0 Å². The van der Waals surface area contributed by atoms with Crippen LogP contribution in [-0.2, 0) is 0 Å². The summed E-state index contributed by atoms with van der Waals surface area (Å²) in [5.41, 5.74) is 1.30. The van der Waals surface area contributed by atoms with Gasteiger partial charge in [-0.3, -0.25) is 4.79 Å². The van der Waals surface area contributed by atoms with Gasteiger partial charge in [0.15, 0.2) is 0 Å². The van der Waals surface area contributed by atoms with Gasteiger partial charge in [0, 0.05) is 6.07 Å². The van der Waals surface area contributed by atoms with Crippen LogP contribution in [0.25, 0.3) is 11.0 Å². The fourth-order valence-corrected chi connectivity index (χ4v) is 2.71. The largest absolute Gasteiger partial charge is 0.460 e. The minimum Gasteiger partial charge on any atom is -0.460 e. The number of benzene rings is 3. The summed E-state index contributed by atoms with van der Waals surface area (Å²) in [5.74, 6) is -0.396. The zero-order valence-corrected chi connectivity index (χ0v) is 15.3. The fourth-order valence-electron chi connectivity index (χ4n) is 2.71. The van der Waals surface area contributed by atoms with E-state index in [-0.39, 0.29) is 22.5 Å². The predicted octanol–water partition coefficient (Wildman–Crippen LogP) is 5.25. The van der Waals surface area contributed by atoms with Crippen molar-refractivity contribution in [3.63, 3.8) is 0 Å². The molecule has 5 nitrogen and oxygen atoms in total. The Morgan fingerprint density at radius 1 is 0.931 bits per heavy atom. The second-order valence-electron chi connectivity index (χ2n) is 6.40. The van der Waals surface area contributed by atoms with E-state index in [1.54, 1.807) is 12.1 Å². The molecule has 1 heterocycles. The summed E-state index contributed by atoms with van der Waals surface area (Å²) in [6, 6.07) is 16.7. The number of esters is 1. The molecule has 0 bridgehead atoms. The normalized spacial score (nSPS) is 10.7. The zero-order chi connectivity index (χ0) is 20.4. The molecule has 0 spiro atoms. The molecule has 0 fully saturated rings. The highest BCUT2D eigenvalue weighted by atomic mass is 19.1. The summed E-state index contributed by atoms with van der Waals surface area (Å²) >= 11 is 0. The molecule has 0 aliphatic rings. The lowest BCUT2D eigenvalue weighted by Crippen LogP contribution is -2.09. The number of aryl methyl sites for hydroxylation is 1. The van der Waals surface area contributed by atoms with Crippen molar-refractivity contribution < 1.29 is 23.1 Å². The van der Waals surface area contributed by atoms with Gasteiger partial charge in [-0.1, -0.05) is 17.7 Å². The molecule has 29 heavy (non-hydrogen) atoms. The molecule has 0 atom stereocenters. The zero-order valence-electron chi connectivity index (χ0n) is 15.3. The summed E-state index contributed by atoms with van der Waals surface area (Å²) in [5, 5.41) is 0.264. The molecule has 0 N–H and O–H groups in total. The number of rotatable bonds is 4. The van der Waals surface area contributed by atoms with Crippen molar-refractivity contribution >= 4 is 16.9 Å². The van der Waals surface area contributed by atoms with Crippen LogP contribution in [0.5, 0.6) is 17.2 Å². The number of hydrogen-bond donors (Lipinski definition) is 0. The molecule has 144 valence electrons. The summed E-state index contributed by atoms with van der Waals surface area (Å²) in [4.78, 5) is 24.9. The van der Waals surface area contributed by atoms with E-state index < -0.39 is 17.2 Å². The molecule has 4 rings (SSSR count). The Kier molecular flexibility index (Phi) is 4.83. The molecular weight excluding hydrogens is 375 g/mol. The molecular formula is C23H15FO5. The van der Waals surface area contributed by atoms with Crippen LogP contribution in [0.15, 0.2) is 82.2 Å². The average molecular weight is 390 g/mol. The van der Waals surface area contributed by atoms with E-state index in [4.69, 9.17) is 13.9 Å². The molecule has 0 aliphatic carbocycles. The molecule has 0 saturated carbocycles. The van der Waals surface area contributed by atoms with Crippen LogP contribution in [0, 0.1) is 12.7 Å². The van der Waals surface area contributed by atoms with Crippen LogP contribution in [0.4, 0.5) is 4.39 Å².